The van der Waals surface area contributed by atoms with Crippen molar-refractivity contribution < 1.29 is 32.3 Å². The van der Waals surface area contributed by atoms with Gasteiger partial charge >= 0.3 is 27.5 Å². The SMILES string of the molecule is CC(C)=O.[O]=[Zr]. The Morgan fingerprint density at radius 2 is 1.33 bits per heavy atom. The molecule has 0 saturated carbocycles. The number of carbonyl (C=O) groups excluding carboxylic acids is 1. The van der Waals surface area contributed by atoms with E-state index in [-0.39, 0.29) is 5.78 Å². The number of ketones is 1. The molecule has 6 heavy (non-hydrogen) atoms. The zero-order chi connectivity index (χ0) is 5.58. The van der Waals surface area contributed by atoms with Gasteiger partial charge in [0.05, 0.1) is 0 Å². The summed E-state index contributed by atoms with van der Waals surface area (Å²) in [7, 11) is 0. The van der Waals surface area contributed by atoms with Gasteiger partial charge in [-0.25, -0.2) is 0 Å². The van der Waals surface area contributed by atoms with Crippen LogP contribution in [0.15, 0.2) is 0 Å². The van der Waals surface area contributed by atoms with E-state index in [0.29, 0.717) is 24.7 Å². The van der Waals surface area contributed by atoms with Crippen LogP contribution < -0.4 is 0 Å². The van der Waals surface area contributed by atoms with E-state index in [4.69, 9.17) is 2.81 Å². The second kappa shape index (κ2) is 9.02. The van der Waals surface area contributed by atoms with Crippen molar-refractivity contribution in [2.45, 2.75) is 13.8 Å². The maximum absolute atomic E-state index is 9.44. The molecule has 0 radical (unpaired) electrons. The first-order valence-corrected chi connectivity index (χ1v) is 2.41. The maximum atomic E-state index is 9.44. The van der Waals surface area contributed by atoms with Crippen molar-refractivity contribution in [2.24, 2.45) is 0 Å². The van der Waals surface area contributed by atoms with Crippen molar-refractivity contribution >= 4 is 5.78 Å². The van der Waals surface area contributed by atoms with Crippen LogP contribution in [0.2, 0.25) is 0 Å². The molecule has 0 fully saturated rings. The van der Waals surface area contributed by atoms with E-state index >= 15 is 0 Å². The average Bonchev–Trinajstić information content (AvgIpc) is 1.41. The molecule has 0 aromatic rings. The van der Waals surface area contributed by atoms with E-state index in [9.17, 15) is 4.79 Å². The monoisotopic (exact) mass is 164 g/mol. The molecule has 2 nitrogen and oxygen atoms in total. The molecule has 0 N–H and O–H groups in total. The van der Waals surface area contributed by atoms with Crippen molar-refractivity contribution in [2.75, 3.05) is 0 Å². The van der Waals surface area contributed by atoms with Crippen LogP contribution in [0, 0.1) is 0 Å². The fourth-order valence-corrected chi connectivity index (χ4v) is 0. The fourth-order valence-electron chi connectivity index (χ4n) is 0. The van der Waals surface area contributed by atoms with Crippen LogP contribution in [0.25, 0.3) is 0 Å². The third-order valence-electron chi connectivity index (χ3n) is 0. The van der Waals surface area contributed by atoms with Crippen molar-refractivity contribution in [1.29, 1.82) is 0 Å². The number of rotatable bonds is 0. The molecule has 34 valence electrons. The standard InChI is InChI=1S/C3H6O.O.Zr/c1-3(2)4;;/h1-2H3;;. The zero-order valence-electron chi connectivity index (χ0n) is 3.82. The number of hydrogen-bond donors (Lipinski definition) is 0. The Morgan fingerprint density at radius 3 is 1.33 bits per heavy atom. The average molecular weight is 165 g/mol. The Labute approximate surface area is 52.2 Å². The van der Waals surface area contributed by atoms with Gasteiger partial charge in [-0.15, -0.1) is 0 Å². The molecule has 0 saturated heterocycles. The second-order valence-corrected chi connectivity index (χ2v) is 0.908. The summed E-state index contributed by atoms with van der Waals surface area (Å²) in [4.78, 5) is 9.44. The van der Waals surface area contributed by atoms with Gasteiger partial charge in [0, 0.05) is 0 Å². The van der Waals surface area contributed by atoms with Gasteiger partial charge in [-0.1, -0.05) is 0 Å². The van der Waals surface area contributed by atoms with Crippen LogP contribution >= 0.6 is 0 Å². The third kappa shape index (κ3) is 393. The summed E-state index contributed by atoms with van der Waals surface area (Å²) in [6, 6.07) is 0. The van der Waals surface area contributed by atoms with E-state index in [1.807, 2.05) is 0 Å². The van der Waals surface area contributed by atoms with E-state index < -0.39 is 0 Å². The van der Waals surface area contributed by atoms with Crippen LogP contribution in [-0.4, -0.2) is 5.78 Å². The fraction of sp³-hybridized carbons (Fsp3) is 0.667. The van der Waals surface area contributed by atoms with Gasteiger partial charge in [-0.05, 0) is 13.8 Å². The molecule has 0 atom stereocenters. The quantitative estimate of drug-likeness (QED) is 0.523. The normalized spacial score (nSPS) is 4.83. The van der Waals surface area contributed by atoms with Crippen molar-refractivity contribution in [3.63, 3.8) is 0 Å². The first kappa shape index (κ1) is 9.61. The van der Waals surface area contributed by atoms with Gasteiger partial charge < -0.3 is 4.79 Å². The molecule has 0 heterocycles. The van der Waals surface area contributed by atoms with E-state index in [1.165, 1.54) is 13.8 Å². The molecule has 0 spiro atoms. The Bertz CT molecular complexity index is 40.1. The van der Waals surface area contributed by atoms with Crippen molar-refractivity contribution in [3.05, 3.63) is 0 Å². The van der Waals surface area contributed by atoms with Gasteiger partial charge in [-0.2, -0.15) is 0 Å². The van der Waals surface area contributed by atoms with Crippen LogP contribution in [0.3, 0.4) is 0 Å². The zero-order valence-corrected chi connectivity index (χ0v) is 6.27. The first-order chi connectivity index (χ1) is 2.73. The second-order valence-electron chi connectivity index (χ2n) is 0.908. The molecule has 0 amide bonds. The van der Waals surface area contributed by atoms with E-state index in [2.05, 4.69) is 0 Å². The van der Waals surface area contributed by atoms with Crippen LogP contribution in [0.5, 0.6) is 0 Å². The van der Waals surface area contributed by atoms with E-state index in [1.54, 1.807) is 0 Å². The van der Waals surface area contributed by atoms with Gasteiger partial charge in [0.1, 0.15) is 5.78 Å². The van der Waals surface area contributed by atoms with Crippen molar-refractivity contribution in [1.82, 2.24) is 0 Å². The number of Topliss-reactive ketones (excluding diaryl/α,β-unsaturated/α-hetero) is 1. The van der Waals surface area contributed by atoms with Crippen molar-refractivity contribution in [3.8, 4) is 0 Å². The molecular weight excluding hydrogens is 159 g/mol. The Morgan fingerprint density at radius 1 is 1.33 bits per heavy atom. The Kier molecular flexibility index (Phi) is 14.4. The first-order valence-electron chi connectivity index (χ1n) is 1.41. The predicted octanol–water partition coefficient (Wildman–Crippen LogP) is 0.474. The molecule has 0 aliphatic carbocycles. The Balaban J connectivity index is 0. The minimum atomic E-state index is 0.167. The summed E-state index contributed by atoms with van der Waals surface area (Å²) >= 11 is 0.300. The molecule has 0 bridgehead atoms. The summed E-state index contributed by atoms with van der Waals surface area (Å²) in [6.07, 6.45) is 0. The summed E-state index contributed by atoms with van der Waals surface area (Å²) in [6.45, 7) is 3.06. The minimum absolute atomic E-state index is 0.167. The Hall–Kier alpha value is 0.353. The number of hydrogen-bond acceptors (Lipinski definition) is 2. The van der Waals surface area contributed by atoms with Gasteiger partial charge in [0.15, 0.2) is 0 Å². The summed E-state index contributed by atoms with van der Waals surface area (Å²) in [5, 5.41) is 0. The molecule has 3 heteroatoms. The predicted molar refractivity (Wildman–Crippen MR) is 17.0 cm³/mol. The van der Waals surface area contributed by atoms with Gasteiger partial charge in [0.2, 0.25) is 0 Å². The van der Waals surface area contributed by atoms with Gasteiger partial charge in [0.25, 0.3) is 0 Å². The summed E-state index contributed by atoms with van der Waals surface area (Å²) in [5.74, 6) is 0.167. The molecular formula is C3H6O2Zr. The van der Waals surface area contributed by atoms with Crippen LogP contribution in [-0.2, 0) is 32.3 Å². The topological polar surface area (TPSA) is 34.1 Å². The van der Waals surface area contributed by atoms with Gasteiger partial charge in [-0.3, -0.25) is 0 Å². The molecule has 0 aromatic carbocycles. The molecule has 0 aliphatic rings. The van der Waals surface area contributed by atoms with Crippen LogP contribution in [0.4, 0.5) is 0 Å². The van der Waals surface area contributed by atoms with Crippen LogP contribution in [0.1, 0.15) is 13.8 Å². The van der Waals surface area contributed by atoms with E-state index in [0.717, 1.165) is 0 Å². The molecule has 0 aliphatic heterocycles. The number of carbonyl (C=O) groups is 1. The molecule has 0 rings (SSSR count). The third-order valence-corrected chi connectivity index (χ3v) is 0. The summed E-state index contributed by atoms with van der Waals surface area (Å²) in [5.41, 5.74) is 0. The molecule has 0 unspecified atom stereocenters. The summed E-state index contributed by atoms with van der Waals surface area (Å²) < 4.78 is 8.34. The molecule has 0 aromatic heterocycles.